The lowest BCUT2D eigenvalue weighted by Crippen LogP contribution is -2.32. The molecule has 0 radical (unpaired) electrons. The van der Waals surface area contributed by atoms with Crippen LogP contribution in [-0.4, -0.2) is 23.3 Å². The van der Waals surface area contributed by atoms with Crippen molar-refractivity contribution in [2.75, 3.05) is 11.9 Å². The molecule has 2 heterocycles. The summed E-state index contributed by atoms with van der Waals surface area (Å²) < 4.78 is 0. The second-order valence-electron chi connectivity index (χ2n) is 5.51. The van der Waals surface area contributed by atoms with E-state index >= 15 is 0 Å². The van der Waals surface area contributed by atoms with Gasteiger partial charge in [0, 0.05) is 22.0 Å². The molecule has 5 nitrogen and oxygen atoms in total. The van der Waals surface area contributed by atoms with Gasteiger partial charge in [-0.15, -0.1) is 11.3 Å². The third-order valence-corrected chi connectivity index (χ3v) is 4.46. The number of pyridine rings is 1. The maximum absolute atomic E-state index is 12.1. The summed E-state index contributed by atoms with van der Waals surface area (Å²) >= 11 is 1.49. The van der Waals surface area contributed by atoms with Gasteiger partial charge in [-0.3, -0.25) is 9.59 Å². The first kappa shape index (κ1) is 16.1. The number of thiophene rings is 1. The number of amides is 2. The normalized spacial score (nSPS) is 10.6. The summed E-state index contributed by atoms with van der Waals surface area (Å²) in [4.78, 5) is 29.5. The number of aromatic nitrogens is 1. The Morgan fingerprint density at radius 2 is 1.92 bits per heavy atom. The summed E-state index contributed by atoms with van der Waals surface area (Å²) in [5.41, 5.74) is 3.29. The number of hydrogen-bond donors (Lipinski definition) is 2. The van der Waals surface area contributed by atoms with Crippen molar-refractivity contribution in [1.29, 1.82) is 0 Å². The molecular formula is C18H17N3O2S. The first-order valence-corrected chi connectivity index (χ1v) is 8.41. The van der Waals surface area contributed by atoms with Gasteiger partial charge in [-0.1, -0.05) is 18.2 Å². The lowest BCUT2D eigenvalue weighted by atomic mass is 10.1. The highest BCUT2D eigenvalue weighted by Gasteiger charge is 2.12. The van der Waals surface area contributed by atoms with Crippen LogP contribution in [0, 0.1) is 13.8 Å². The zero-order valence-electron chi connectivity index (χ0n) is 13.4. The summed E-state index contributed by atoms with van der Waals surface area (Å²) in [5, 5.41) is 8.30. The Hall–Kier alpha value is -2.73. The van der Waals surface area contributed by atoms with Gasteiger partial charge < -0.3 is 10.6 Å². The Labute approximate surface area is 143 Å². The second-order valence-corrected chi connectivity index (χ2v) is 6.37. The predicted octanol–water partition coefficient (Wildman–Crippen LogP) is 3.28. The Bertz CT molecular complexity index is 903. The SMILES string of the molecule is Cc1cc(C)c2c(NC(=O)CNC(=O)c3ccccc3)csc2n1. The van der Waals surface area contributed by atoms with Crippen LogP contribution in [0.1, 0.15) is 21.6 Å². The number of hydrogen-bond acceptors (Lipinski definition) is 4. The highest BCUT2D eigenvalue weighted by molar-refractivity contribution is 7.17. The van der Waals surface area contributed by atoms with Crippen molar-refractivity contribution in [2.45, 2.75) is 13.8 Å². The van der Waals surface area contributed by atoms with Gasteiger partial charge in [-0.2, -0.15) is 0 Å². The maximum atomic E-state index is 12.1. The van der Waals surface area contributed by atoms with Gasteiger partial charge in [-0.25, -0.2) is 4.98 Å². The summed E-state index contributed by atoms with van der Waals surface area (Å²) in [6.45, 7) is 3.86. The number of aryl methyl sites for hydroxylation is 2. The monoisotopic (exact) mass is 339 g/mol. The van der Waals surface area contributed by atoms with E-state index in [2.05, 4.69) is 15.6 Å². The fraction of sp³-hybridized carbons (Fsp3) is 0.167. The summed E-state index contributed by atoms with van der Waals surface area (Å²) in [7, 11) is 0. The maximum Gasteiger partial charge on any atom is 0.251 e. The molecule has 0 aliphatic rings. The molecule has 0 aliphatic heterocycles. The molecule has 6 heteroatoms. The van der Waals surface area contributed by atoms with Crippen molar-refractivity contribution >= 4 is 39.1 Å². The molecule has 0 saturated heterocycles. The van der Waals surface area contributed by atoms with Crippen LogP contribution in [0.5, 0.6) is 0 Å². The molecule has 2 N–H and O–H groups in total. The van der Waals surface area contributed by atoms with Crippen LogP contribution in [0.4, 0.5) is 5.69 Å². The van der Waals surface area contributed by atoms with Crippen molar-refractivity contribution in [3.8, 4) is 0 Å². The molecule has 3 rings (SSSR count). The molecule has 3 aromatic rings. The molecule has 2 aromatic heterocycles. The summed E-state index contributed by atoms with van der Waals surface area (Å²) in [5.74, 6) is -0.534. The number of nitrogens with one attached hydrogen (secondary N) is 2. The van der Waals surface area contributed by atoms with Gasteiger partial charge in [0.15, 0.2) is 0 Å². The van der Waals surface area contributed by atoms with Crippen LogP contribution >= 0.6 is 11.3 Å². The van der Waals surface area contributed by atoms with Gasteiger partial charge in [0.25, 0.3) is 5.91 Å². The van der Waals surface area contributed by atoms with Gasteiger partial charge in [0.2, 0.25) is 5.91 Å². The van der Waals surface area contributed by atoms with E-state index in [1.54, 1.807) is 24.3 Å². The van der Waals surface area contributed by atoms with Crippen LogP contribution < -0.4 is 10.6 Å². The standard InChI is InChI=1S/C18H17N3O2S/c1-11-8-12(2)20-18-16(11)14(10-24-18)21-15(22)9-19-17(23)13-6-4-3-5-7-13/h3-8,10H,9H2,1-2H3,(H,19,23)(H,21,22). The van der Waals surface area contributed by atoms with E-state index in [0.717, 1.165) is 27.2 Å². The van der Waals surface area contributed by atoms with Crippen molar-refractivity contribution in [3.63, 3.8) is 0 Å². The van der Waals surface area contributed by atoms with Gasteiger partial charge in [-0.05, 0) is 37.6 Å². The second kappa shape index (κ2) is 6.80. The smallest absolute Gasteiger partial charge is 0.251 e. The van der Waals surface area contributed by atoms with E-state index in [0.29, 0.717) is 5.56 Å². The number of carbonyl (C=O) groups is 2. The van der Waals surface area contributed by atoms with E-state index < -0.39 is 0 Å². The predicted molar refractivity (Wildman–Crippen MR) is 96.5 cm³/mol. The van der Waals surface area contributed by atoms with Gasteiger partial charge in [0.05, 0.1) is 12.2 Å². The highest BCUT2D eigenvalue weighted by Crippen LogP contribution is 2.31. The fourth-order valence-corrected chi connectivity index (χ4v) is 3.52. The first-order valence-electron chi connectivity index (χ1n) is 7.53. The lowest BCUT2D eigenvalue weighted by Gasteiger charge is -2.07. The number of fused-ring (bicyclic) bond motifs is 1. The van der Waals surface area contributed by atoms with E-state index in [4.69, 9.17) is 0 Å². The minimum atomic E-state index is -0.269. The molecule has 1 aromatic carbocycles. The van der Waals surface area contributed by atoms with Crippen LogP contribution in [0.2, 0.25) is 0 Å². The summed E-state index contributed by atoms with van der Waals surface area (Å²) in [6, 6.07) is 10.8. The molecule has 0 unspecified atom stereocenters. The largest absolute Gasteiger partial charge is 0.343 e. The van der Waals surface area contributed by atoms with Crippen molar-refractivity contribution < 1.29 is 9.59 Å². The Morgan fingerprint density at radius 3 is 2.67 bits per heavy atom. The lowest BCUT2D eigenvalue weighted by molar-refractivity contribution is -0.115. The van der Waals surface area contributed by atoms with E-state index in [1.165, 1.54) is 11.3 Å². The molecule has 0 atom stereocenters. The molecule has 0 saturated carbocycles. The van der Waals surface area contributed by atoms with Crippen LogP contribution in [0.3, 0.4) is 0 Å². The number of carbonyl (C=O) groups excluding carboxylic acids is 2. The molecule has 24 heavy (non-hydrogen) atoms. The third kappa shape index (κ3) is 3.44. The minimum Gasteiger partial charge on any atom is -0.343 e. The topological polar surface area (TPSA) is 71.1 Å². The molecule has 122 valence electrons. The van der Waals surface area contributed by atoms with Crippen LogP contribution in [0.25, 0.3) is 10.2 Å². The third-order valence-electron chi connectivity index (χ3n) is 3.59. The fourth-order valence-electron chi connectivity index (χ4n) is 2.53. The Kier molecular flexibility index (Phi) is 4.57. The minimum absolute atomic E-state index is 0.0800. The van der Waals surface area contributed by atoms with Crippen LogP contribution in [-0.2, 0) is 4.79 Å². The van der Waals surface area contributed by atoms with E-state index in [1.807, 2.05) is 31.4 Å². The summed E-state index contributed by atoms with van der Waals surface area (Å²) in [6.07, 6.45) is 0. The van der Waals surface area contributed by atoms with Crippen molar-refractivity contribution in [2.24, 2.45) is 0 Å². The first-order chi connectivity index (χ1) is 11.5. The molecule has 0 spiro atoms. The van der Waals surface area contributed by atoms with E-state index in [-0.39, 0.29) is 18.4 Å². The number of rotatable bonds is 4. The highest BCUT2D eigenvalue weighted by atomic mass is 32.1. The molecule has 0 fully saturated rings. The molecule has 0 bridgehead atoms. The Balaban J connectivity index is 1.66. The Morgan fingerprint density at radius 1 is 1.17 bits per heavy atom. The molecule has 2 amide bonds. The van der Waals surface area contributed by atoms with Crippen LogP contribution in [0.15, 0.2) is 41.8 Å². The average molecular weight is 339 g/mol. The number of nitrogens with zero attached hydrogens (tertiary/aromatic N) is 1. The van der Waals surface area contributed by atoms with Crippen molar-refractivity contribution in [3.05, 3.63) is 58.6 Å². The zero-order valence-corrected chi connectivity index (χ0v) is 14.2. The molecular weight excluding hydrogens is 322 g/mol. The number of anilines is 1. The quantitative estimate of drug-likeness (QED) is 0.766. The average Bonchev–Trinajstić information content (AvgIpc) is 2.96. The van der Waals surface area contributed by atoms with Crippen molar-refractivity contribution in [1.82, 2.24) is 10.3 Å². The van der Waals surface area contributed by atoms with Gasteiger partial charge >= 0.3 is 0 Å². The zero-order chi connectivity index (χ0) is 17.1. The van der Waals surface area contributed by atoms with Gasteiger partial charge in [0.1, 0.15) is 4.83 Å². The molecule has 0 aliphatic carbocycles. The number of benzene rings is 1. The van der Waals surface area contributed by atoms with E-state index in [9.17, 15) is 9.59 Å².